The van der Waals surface area contributed by atoms with Crippen molar-refractivity contribution >= 4 is 33.7 Å². The summed E-state index contributed by atoms with van der Waals surface area (Å²) >= 11 is 11.2. The molecule has 1 aromatic heterocycles. The van der Waals surface area contributed by atoms with Crippen molar-refractivity contribution in [2.45, 2.75) is 33.0 Å². The zero-order chi connectivity index (χ0) is 18.9. The fourth-order valence-corrected chi connectivity index (χ4v) is 5.20. The Morgan fingerprint density at radius 2 is 2.08 bits per heavy atom. The van der Waals surface area contributed by atoms with Crippen LogP contribution in [0.4, 0.5) is 0 Å². The van der Waals surface area contributed by atoms with Crippen LogP contribution in [0.1, 0.15) is 20.3 Å². The minimum atomic E-state index is -2.95. The molecule has 3 rings (SSSR count). The van der Waals surface area contributed by atoms with Gasteiger partial charge in [-0.2, -0.15) is 0 Å². The maximum Gasteiger partial charge on any atom is 0.288 e. The van der Waals surface area contributed by atoms with E-state index in [-0.39, 0.29) is 22.4 Å². The summed E-state index contributed by atoms with van der Waals surface area (Å²) in [5, 5.41) is 5.11. The largest absolute Gasteiger partial charge is 0.409 e. The van der Waals surface area contributed by atoms with Crippen molar-refractivity contribution < 1.29 is 12.8 Å². The molecule has 26 heavy (non-hydrogen) atoms. The molecule has 1 unspecified atom stereocenters. The van der Waals surface area contributed by atoms with Gasteiger partial charge in [-0.05, 0) is 48.8 Å². The summed E-state index contributed by atoms with van der Waals surface area (Å²) in [7, 11) is -2.95. The van der Waals surface area contributed by atoms with Gasteiger partial charge in [-0.3, -0.25) is 4.90 Å². The number of rotatable bonds is 6. The third-order valence-corrected chi connectivity index (χ3v) is 6.63. The summed E-state index contributed by atoms with van der Waals surface area (Å²) in [5.41, 5.74) is 0.790. The van der Waals surface area contributed by atoms with Crippen molar-refractivity contribution in [3.05, 3.63) is 34.1 Å². The van der Waals surface area contributed by atoms with Crippen molar-refractivity contribution in [1.82, 2.24) is 14.7 Å². The second kappa shape index (κ2) is 7.80. The average Bonchev–Trinajstić information content (AvgIpc) is 3.10. The van der Waals surface area contributed by atoms with Crippen LogP contribution < -0.4 is 0 Å². The van der Waals surface area contributed by atoms with E-state index >= 15 is 0 Å². The lowest BCUT2D eigenvalue weighted by molar-refractivity contribution is 0.136. The number of hydrogen-bond donors (Lipinski definition) is 0. The van der Waals surface area contributed by atoms with Gasteiger partial charge in [0.1, 0.15) is 0 Å². The van der Waals surface area contributed by atoms with Gasteiger partial charge in [-0.1, -0.05) is 25.4 Å². The standard InChI is InChI=1S/C17H22ClN3O3S2/c1-12(2)9-20(15-7-8-26(22,23)10-15)11-21-17(25)24-16(19-21)13-3-5-14(18)6-4-13/h3-6,12,15H,7-11H2,1-2H3. The van der Waals surface area contributed by atoms with Gasteiger partial charge in [0.15, 0.2) is 9.84 Å². The zero-order valence-electron chi connectivity index (χ0n) is 14.8. The van der Waals surface area contributed by atoms with Crippen molar-refractivity contribution in [3.8, 4) is 11.5 Å². The number of hydrogen-bond acceptors (Lipinski definition) is 6. The Labute approximate surface area is 163 Å². The molecule has 0 radical (unpaired) electrons. The van der Waals surface area contributed by atoms with Crippen LogP contribution in [0.15, 0.2) is 28.7 Å². The molecule has 0 saturated carbocycles. The number of aromatic nitrogens is 2. The molecule has 9 heteroatoms. The SMILES string of the molecule is CC(C)CN(Cn1nc(-c2ccc(Cl)cc2)oc1=S)C1CCS(=O)(=O)C1. The molecule has 1 atom stereocenters. The fraction of sp³-hybridized carbons (Fsp3) is 0.529. The number of sulfone groups is 1. The second-order valence-corrected chi connectivity index (χ2v) is 10.1. The Morgan fingerprint density at radius 3 is 2.65 bits per heavy atom. The quantitative estimate of drug-likeness (QED) is 0.671. The average molecular weight is 416 g/mol. The number of benzene rings is 1. The van der Waals surface area contributed by atoms with E-state index < -0.39 is 9.84 Å². The number of halogens is 1. The van der Waals surface area contributed by atoms with Gasteiger partial charge in [0, 0.05) is 23.2 Å². The lowest BCUT2D eigenvalue weighted by Gasteiger charge is -2.29. The van der Waals surface area contributed by atoms with Gasteiger partial charge >= 0.3 is 0 Å². The highest BCUT2D eigenvalue weighted by Gasteiger charge is 2.33. The summed E-state index contributed by atoms with van der Waals surface area (Å²) in [6.07, 6.45) is 0.643. The Bertz CT molecular complexity index is 919. The predicted octanol–water partition coefficient (Wildman–Crippen LogP) is 3.63. The van der Waals surface area contributed by atoms with Crippen LogP contribution in [0, 0.1) is 10.8 Å². The highest BCUT2D eigenvalue weighted by molar-refractivity contribution is 7.91. The molecule has 1 aliphatic rings. The van der Waals surface area contributed by atoms with E-state index in [2.05, 4.69) is 23.8 Å². The first-order valence-corrected chi connectivity index (χ1v) is 11.1. The monoisotopic (exact) mass is 415 g/mol. The lowest BCUT2D eigenvalue weighted by atomic mass is 10.1. The zero-order valence-corrected chi connectivity index (χ0v) is 17.1. The molecule has 142 valence electrons. The summed E-state index contributed by atoms with van der Waals surface area (Å²) < 4.78 is 31.0. The van der Waals surface area contributed by atoms with Gasteiger partial charge in [-0.25, -0.2) is 13.1 Å². The highest BCUT2D eigenvalue weighted by Crippen LogP contribution is 2.23. The first-order chi connectivity index (χ1) is 12.2. The molecule has 0 N–H and O–H groups in total. The summed E-state index contributed by atoms with van der Waals surface area (Å²) in [5.74, 6) is 1.26. The van der Waals surface area contributed by atoms with Crippen LogP contribution in [0.3, 0.4) is 0 Å². The van der Waals surface area contributed by atoms with E-state index in [4.69, 9.17) is 28.2 Å². The molecule has 0 spiro atoms. The molecule has 0 aliphatic carbocycles. The maximum atomic E-state index is 11.9. The van der Waals surface area contributed by atoms with Gasteiger partial charge in [0.05, 0.1) is 18.2 Å². The minimum absolute atomic E-state index is 0.0139. The first-order valence-electron chi connectivity index (χ1n) is 8.52. The summed E-state index contributed by atoms with van der Waals surface area (Å²) in [6, 6.07) is 7.16. The van der Waals surface area contributed by atoms with Gasteiger partial charge in [0.2, 0.25) is 5.89 Å². The van der Waals surface area contributed by atoms with Crippen molar-refractivity contribution in [3.63, 3.8) is 0 Å². The van der Waals surface area contributed by atoms with Crippen LogP contribution in [0.5, 0.6) is 0 Å². The first kappa shape index (κ1) is 19.5. The predicted molar refractivity (Wildman–Crippen MR) is 104 cm³/mol. The highest BCUT2D eigenvalue weighted by atomic mass is 35.5. The number of nitrogens with zero attached hydrogens (tertiary/aromatic N) is 3. The molecule has 1 fully saturated rings. The molecule has 6 nitrogen and oxygen atoms in total. The van der Waals surface area contributed by atoms with E-state index in [0.717, 1.165) is 12.1 Å². The van der Waals surface area contributed by atoms with E-state index in [1.165, 1.54) is 0 Å². The Morgan fingerprint density at radius 1 is 1.38 bits per heavy atom. The van der Waals surface area contributed by atoms with Gasteiger partial charge in [-0.15, -0.1) is 5.10 Å². The molecular weight excluding hydrogens is 394 g/mol. The van der Waals surface area contributed by atoms with Crippen LogP contribution >= 0.6 is 23.8 Å². The normalized spacial score (nSPS) is 19.5. The smallest absolute Gasteiger partial charge is 0.288 e. The molecule has 1 aliphatic heterocycles. The van der Waals surface area contributed by atoms with Crippen molar-refractivity contribution in [2.75, 3.05) is 18.1 Å². The fourth-order valence-electron chi connectivity index (χ4n) is 3.13. The van der Waals surface area contributed by atoms with Crippen LogP contribution in [0.25, 0.3) is 11.5 Å². The van der Waals surface area contributed by atoms with Crippen LogP contribution in [0.2, 0.25) is 5.02 Å². The Hall–Kier alpha value is -1.22. The third-order valence-electron chi connectivity index (χ3n) is 4.34. The van der Waals surface area contributed by atoms with E-state index in [9.17, 15) is 8.42 Å². The van der Waals surface area contributed by atoms with E-state index in [0.29, 0.717) is 29.9 Å². The Balaban J connectivity index is 1.82. The van der Waals surface area contributed by atoms with Gasteiger partial charge in [0.25, 0.3) is 4.84 Å². The van der Waals surface area contributed by atoms with Crippen molar-refractivity contribution in [2.24, 2.45) is 5.92 Å². The van der Waals surface area contributed by atoms with Crippen LogP contribution in [-0.4, -0.2) is 47.2 Å². The summed E-state index contributed by atoms with van der Waals surface area (Å²) in [6.45, 7) is 5.40. The molecule has 0 bridgehead atoms. The molecule has 1 saturated heterocycles. The Kier molecular flexibility index (Phi) is 5.86. The molecule has 0 amide bonds. The van der Waals surface area contributed by atoms with E-state index in [1.54, 1.807) is 16.8 Å². The lowest BCUT2D eigenvalue weighted by Crippen LogP contribution is -2.40. The molecule has 1 aromatic carbocycles. The van der Waals surface area contributed by atoms with Crippen molar-refractivity contribution in [1.29, 1.82) is 0 Å². The minimum Gasteiger partial charge on any atom is -0.409 e. The molecule has 2 heterocycles. The van der Waals surface area contributed by atoms with Gasteiger partial charge < -0.3 is 4.42 Å². The molecule has 2 aromatic rings. The van der Waals surface area contributed by atoms with E-state index in [1.807, 2.05) is 12.1 Å². The topological polar surface area (TPSA) is 68.3 Å². The summed E-state index contributed by atoms with van der Waals surface area (Å²) in [4.78, 5) is 2.41. The third kappa shape index (κ3) is 4.73. The molecular formula is C17H22ClN3O3S2. The van der Waals surface area contributed by atoms with Crippen LogP contribution in [-0.2, 0) is 16.5 Å². The second-order valence-electron chi connectivity index (χ2n) is 7.04. The maximum absolute atomic E-state index is 11.9.